The monoisotopic (exact) mass is 301 g/mol. The Hall–Kier alpha value is -2.18. The van der Waals surface area contributed by atoms with E-state index in [-0.39, 0.29) is 4.90 Å². The Kier molecular flexibility index (Phi) is 3.72. The molecule has 0 saturated heterocycles. The van der Waals surface area contributed by atoms with Crippen molar-refractivity contribution in [2.75, 3.05) is 6.54 Å². The summed E-state index contributed by atoms with van der Waals surface area (Å²) in [7, 11) is -3.49. The molecular weight excluding hydrogens is 286 g/mol. The van der Waals surface area contributed by atoms with E-state index in [1.807, 2.05) is 34.9 Å². The Morgan fingerprint density at radius 1 is 1.10 bits per heavy atom. The van der Waals surface area contributed by atoms with Gasteiger partial charge in [-0.25, -0.2) is 18.1 Å². The van der Waals surface area contributed by atoms with Crippen molar-refractivity contribution in [3.8, 4) is 0 Å². The van der Waals surface area contributed by atoms with Crippen molar-refractivity contribution in [2.24, 2.45) is 0 Å². The number of nitrogens with one attached hydrogen (secondary N) is 1. The quantitative estimate of drug-likeness (QED) is 0.784. The number of aromatic nitrogens is 2. The van der Waals surface area contributed by atoms with E-state index in [0.717, 1.165) is 10.8 Å². The first kappa shape index (κ1) is 13.8. The van der Waals surface area contributed by atoms with Crippen LogP contribution in [0.5, 0.6) is 0 Å². The average molecular weight is 301 g/mol. The van der Waals surface area contributed by atoms with Crippen LogP contribution in [-0.4, -0.2) is 24.5 Å². The fourth-order valence-electron chi connectivity index (χ4n) is 2.15. The van der Waals surface area contributed by atoms with Gasteiger partial charge in [0.1, 0.15) is 0 Å². The van der Waals surface area contributed by atoms with Crippen molar-refractivity contribution in [3.05, 3.63) is 61.2 Å². The van der Waals surface area contributed by atoms with E-state index >= 15 is 0 Å². The highest BCUT2D eigenvalue weighted by atomic mass is 32.2. The van der Waals surface area contributed by atoms with Gasteiger partial charge >= 0.3 is 0 Å². The maximum absolute atomic E-state index is 12.3. The van der Waals surface area contributed by atoms with Crippen LogP contribution in [0.2, 0.25) is 0 Å². The van der Waals surface area contributed by atoms with Crippen molar-refractivity contribution >= 4 is 20.8 Å². The maximum atomic E-state index is 12.3. The summed E-state index contributed by atoms with van der Waals surface area (Å²) in [5, 5.41) is 1.94. The fourth-order valence-corrected chi connectivity index (χ4v) is 3.20. The minimum absolute atomic E-state index is 0.284. The molecule has 1 N–H and O–H groups in total. The SMILES string of the molecule is O=S(=O)(NCCn1ccnc1)c1ccc2ccccc2c1. The van der Waals surface area contributed by atoms with Gasteiger partial charge in [-0.05, 0) is 22.9 Å². The third-order valence-corrected chi connectivity index (χ3v) is 4.71. The molecule has 0 unspecified atom stereocenters. The van der Waals surface area contributed by atoms with Crippen molar-refractivity contribution in [3.63, 3.8) is 0 Å². The standard InChI is InChI=1S/C15H15N3O2S/c19-21(20,17-8-10-18-9-7-16-12-18)15-6-5-13-3-1-2-4-14(13)11-15/h1-7,9,11-12,17H,8,10H2. The lowest BCUT2D eigenvalue weighted by molar-refractivity contribution is 0.573. The molecule has 21 heavy (non-hydrogen) atoms. The third-order valence-electron chi connectivity index (χ3n) is 3.25. The minimum atomic E-state index is -3.49. The van der Waals surface area contributed by atoms with E-state index in [9.17, 15) is 8.42 Å². The predicted molar refractivity (Wildman–Crippen MR) is 81.4 cm³/mol. The molecule has 108 valence electrons. The van der Waals surface area contributed by atoms with Crippen LogP contribution in [0.15, 0.2) is 66.1 Å². The summed E-state index contributed by atoms with van der Waals surface area (Å²) in [4.78, 5) is 4.20. The summed E-state index contributed by atoms with van der Waals surface area (Å²) in [6.45, 7) is 0.873. The van der Waals surface area contributed by atoms with Crippen molar-refractivity contribution < 1.29 is 8.42 Å². The Bertz CT molecular complexity index is 842. The summed E-state index contributed by atoms with van der Waals surface area (Å²) in [6, 6.07) is 12.8. The Balaban J connectivity index is 1.76. The molecule has 0 radical (unpaired) electrons. The molecule has 0 saturated carbocycles. The molecule has 3 rings (SSSR count). The van der Waals surface area contributed by atoms with Gasteiger partial charge in [0, 0.05) is 25.5 Å². The normalized spacial score (nSPS) is 11.8. The number of hydrogen-bond acceptors (Lipinski definition) is 3. The smallest absolute Gasteiger partial charge is 0.240 e. The van der Waals surface area contributed by atoms with E-state index in [4.69, 9.17) is 0 Å². The lowest BCUT2D eigenvalue weighted by Crippen LogP contribution is -2.27. The first-order chi connectivity index (χ1) is 10.1. The molecule has 0 atom stereocenters. The van der Waals surface area contributed by atoms with Gasteiger partial charge in [-0.1, -0.05) is 30.3 Å². The summed E-state index contributed by atoms with van der Waals surface area (Å²) in [6.07, 6.45) is 5.12. The molecule has 0 aliphatic carbocycles. The number of imidazole rings is 1. The zero-order chi connectivity index (χ0) is 14.7. The third kappa shape index (κ3) is 3.12. The molecule has 1 aromatic heterocycles. The molecule has 1 heterocycles. The van der Waals surface area contributed by atoms with Crippen molar-refractivity contribution in [1.29, 1.82) is 0 Å². The number of benzene rings is 2. The summed E-state index contributed by atoms with van der Waals surface area (Å²) < 4.78 is 29.0. The van der Waals surface area contributed by atoms with E-state index in [1.54, 1.807) is 30.9 Å². The molecule has 0 fully saturated rings. The molecule has 0 amide bonds. The van der Waals surface area contributed by atoms with Crippen molar-refractivity contribution in [1.82, 2.24) is 14.3 Å². The van der Waals surface area contributed by atoms with Crippen LogP contribution < -0.4 is 4.72 Å². The van der Waals surface area contributed by atoms with Crippen LogP contribution in [0.3, 0.4) is 0 Å². The zero-order valence-corrected chi connectivity index (χ0v) is 12.1. The predicted octanol–water partition coefficient (Wildman–Crippen LogP) is 2.01. The van der Waals surface area contributed by atoms with Crippen LogP contribution >= 0.6 is 0 Å². The van der Waals surface area contributed by atoms with E-state index in [0.29, 0.717) is 13.1 Å². The second-order valence-electron chi connectivity index (χ2n) is 4.71. The molecule has 5 nitrogen and oxygen atoms in total. The van der Waals surface area contributed by atoms with Crippen LogP contribution in [0.4, 0.5) is 0 Å². The van der Waals surface area contributed by atoms with Crippen LogP contribution in [0.25, 0.3) is 10.8 Å². The van der Waals surface area contributed by atoms with E-state index < -0.39 is 10.0 Å². The number of nitrogens with zero attached hydrogens (tertiary/aromatic N) is 2. The Labute approximate surface area is 123 Å². The van der Waals surface area contributed by atoms with Gasteiger partial charge in [0.15, 0.2) is 0 Å². The van der Waals surface area contributed by atoms with Gasteiger partial charge in [0.05, 0.1) is 11.2 Å². The average Bonchev–Trinajstić information content (AvgIpc) is 3.00. The fraction of sp³-hybridized carbons (Fsp3) is 0.133. The van der Waals surface area contributed by atoms with Gasteiger partial charge < -0.3 is 4.57 Å². The number of sulfonamides is 1. The highest BCUT2D eigenvalue weighted by molar-refractivity contribution is 7.89. The highest BCUT2D eigenvalue weighted by Gasteiger charge is 2.13. The summed E-state index contributed by atoms with van der Waals surface area (Å²) >= 11 is 0. The maximum Gasteiger partial charge on any atom is 0.240 e. The molecule has 3 aromatic rings. The summed E-state index contributed by atoms with van der Waals surface area (Å²) in [5.74, 6) is 0. The topological polar surface area (TPSA) is 64.0 Å². The first-order valence-corrected chi connectivity index (χ1v) is 8.08. The molecule has 0 spiro atoms. The van der Waals surface area contributed by atoms with Gasteiger partial charge in [-0.15, -0.1) is 0 Å². The van der Waals surface area contributed by atoms with Gasteiger partial charge in [0.25, 0.3) is 0 Å². The Morgan fingerprint density at radius 3 is 2.67 bits per heavy atom. The van der Waals surface area contributed by atoms with Crippen LogP contribution in [0, 0.1) is 0 Å². The van der Waals surface area contributed by atoms with Crippen LogP contribution in [-0.2, 0) is 16.6 Å². The van der Waals surface area contributed by atoms with E-state index in [1.165, 1.54) is 0 Å². The second kappa shape index (κ2) is 5.67. The molecule has 0 bridgehead atoms. The molecule has 0 aliphatic heterocycles. The zero-order valence-electron chi connectivity index (χ0n) is 11.3. The molecule has 2 aromatic carbocycles. The van der Waals surface area contributed by atoms with Gasteiger partial charge in [-0.3, -0.25) is 0 Å². The molecule has 0 aliphatic rings. The van der Waals surface area contributed by atoms with Crippen molar-refractivity contribution in [2.45, 2.75) is 11.4 Å². The molecular formula is C15H15N3O2S. The largest absolute Gasteiger partial charge is 0.336 e. The number of fused-ring (bicyclic) bond motifs is 1. The number of rotatable bonds is 5. The molecule has 6 heteroatoms. The lowest BCUT2D eigenvalue weighted by Gasteiger charge is -2.08. The van der Waals surface area contributed by atoms with Gasteiger partial charge in [0.2, 0.25) is 10.0 Å². The first-order valence-electron chi connectivity index (χ1n) is 6.59. The highest BCUT2D eigenvalue weighted by Crippen LogP contribution is 2.18. The Morgan fingerprint density at radius 2 is 1.90 bits per heavy atom. The van der Waals surface area contributed by atoms with Crippen LogP contribution in [0.1, 0.15) is 0 Å². The number of hydrogen-bond donors (Lipinski definition) is 1. The van der Waals surface area contributed by atoms with Gasteiger partial charge in [-0.2, -0.15) is 0 Å². The minimum Gasteiger partial charge on any atom is -0.336 e. The second-order valence-corrected chi connectivity index (χ2v) is 6.47. The van der Waals surface area contributed by atoms with E-state index in [2.05, 4.69) is 9.71 Å². The summed E-state index contributed by atoms with van der Waals surface area (Å²) in [5.41, 5.74) is 0. The lowest BCUT2D eigenvalue weighted by atomic mass is 10.1.